The van der Waals surface area contributed by atoms with E-state index in [0.717, 1.165) is 31.7 Å². The van der Waals surface area contributed by atoms with Gasteiger partial charge in [0.25, 0.3) is 5.69 Å². The third kappa shape index (κ3) is 4.89. The summed E-state index contributed by atoms with van der Waals surface area (Å²) in [6.45, 7) is 0.836. The Balaban J connectivity index is 1.98. The first kappa shape index (κ1) is 23.6. The summed E-state index contributed by atoms with van der Waals surface area (Å²) in [6, 6.07) is 7.08. The molecule has 1 aliphatic rings. The second-order valence-electron chi connectivity index (χ2n) is 7.29. The third-order valence-corrected chi connectivity index (χ3v) is 7.21. The van der Waals surface area contributed by atoms with Gasteiger partial charge in [-0.15, -0.1) is 0 Å². The molecule has 0 saturated carbocycles. The molecule has 174 valence electrons. The van der Waals surface area contributed by atoms with E-state index >= 15 is 0 Å². The van der Waals surface area contributed by atoms with Crippen LogP contribution in [0.4, 0.5) is 17.1 Å². The van der Waals surface area contributed by atoms with Gasteiger partial charge in [0.15, 0.2) is 11.5 Å². The molecule has 0 aromatic heterocycles. The fourth-order valence-electron chi connectivity index (χ4n) is 3.67. The minimum atomic E-state index is -3.82. The number of ether oxygens (including phenoxy) is 3. The molecule has 10 nitrogen and oxygen atoms in total. The average Bonchev–Trinajstić information content (AvgIpc) is 3.08. The van der Waals surface area contributed by atoms with E-state index in [-0.39, 0.29) is 16.3 Å². The fraction of sp³-hybridized carbons (Fsp3) is 0.429. The highest BCUT2D eigenvalue weighted by Crippen LogP contribution is 2.41. The van der Waals surface area contributed by atoms with Gasteiger partial charge in [-0.25, -0.2) is 8.42 Å². The Bertz CT molecular complexity index is 1060. The van der Waals surface area contributed by atoms with E-state index < -0.39 is 14.9 Å². The van der Waals surface area contributed by atoms with Gasteiger partial charge in [-0.3, -0.25) is 10.1 Å². The van der Waals surface area contributed by atoms with Crippen molar-refractivity contribution < 1.29 is 27.6 Å². The molecule has 0 bridgehead atoms. The van der Waals surface area contributed by atoms with Crippen LogP contribution in [0.15, 0.2) is 35.2 Å². The Morgan fingerprint density at radius 2 is 1.53 bits per heavy atom. The molecule has 2 aromatic rings. The van der Waals surface area contributed by atoms with Crippen LogP contribution in [0.25, 0.3) is 0 Å². The van der Waals surface area contributed by atoms with Gasteiger partial charge < -0.3 is 19.5 Å². The van der Waals surface area contributed by atoms with Crippen molar-refractivity contribution in [1.29, 1.82) is 0 Å². The SMILES string of the molecule is COc1cc(Nc2ccc(S(=O)(=O)N3CCCCCC3)cc2[N+](=O)[O-])cc(OC)c1OC. The predicted molar refractivity (Wildman–Crippen MR) is 120 cm³/mol. The van der Waals surface area contributed by atoms with E-state index in [1.807, 2.05) is 0 Å². The Morgan fingerprint density at radius 3 is 2.03 bits per heavy atom. The van der Waals surface area contributed by atoms with Gasteiger partial charge in [0.2, 0.25) is 15.8 Å². The number of hydrogen-bond donors (Lipinski definition) is 1. The fourth-order valence-corrected chi connectivity index (χ4v) is 5.21. The van der Waals surface area contributed by atoms with Crippen LogP contribution in [0.5, 0.6) is 17.2 Å². The Hall–Kier alpha value is -3.05. The van der Waals surface area contributed by atoms with Gasteiger partial charge in [0.1, 0.15) is 5.69 Å². The molecule has 11 heteroatoms. The molecule has 2 aromatic carbocycles. The van der Waals surface area contributed by atoms with Gasteiger partial charge in [-0.05, 0) is 25.0 Å². The van der Waals surface area contributed by atoms with Crippen molar-refractivity contribution in [3.05, 3.63) is 40.4 Å². The summed E-state index contributed by atoms with van der Waals surface area (Å²) in [7, 11) is 0.586. The first-order valence-corrected chi connectivity index (χ1v) is 11.6. The first-order chi connectivity index (χ1) is 15.3. The zero-order valence-electron chi connectivity index (χ0n) is 18.3. The lowest BCUT2D eigenvalue weighted by atomic mass is 10.2. The number of methoxy groups -OCH3 is 3. The highest BCUT2D eigenvalue weighted by molar-refractivity contribution is 7.89. The van der Waals surface area contributed by atoms with E-state index in [2.05, 4.69) is 5.32 Å². The molecule has 32 heavy (non-hydrogen) atoms. The summed E-state index contributed by atoms with van der Waals surface area (Å²) >= 11 is 0. The lowest BCUT2D eigenvalue weighted by molar-refractivity contribution is -0.384. The highest BCUT2D eigenvalue weighted by Gasteiger charge is 2.28. The number of anilines is 2. The molecule has 0 unspecified atom stereocenters. The van der Waals surface area contributed by atoms with Gasteiger partial charge >= 0.3 is 0 Å². The molecular formula is C21H27N3O7S. The summed E-state index contributed by atoms with van der Waals surface area (Å²) in [5.74, 6) is 1.13. The summed E-state index contributed by atoms with van der Waals surface area (Å²) < 4.78 is 43.4. The monoisotopic (exact) mass is 465 g/mol. The second kappa shape index (κ2) is 10.0. The largest absolute Gasteiger partial charge is 0.493 e. The van der Waals surface area contributed by atoms with Crippen LogP contribution < -0.4 is 19.5 Å². The molecule has 0 atom stereocenters. The van der Waals surface area contributed by atoms with Crippen LogP contribution in [0.3, 0.4) is 0 Å². The van der Waals surface area contributed by atoms with Gasteiger partial charge in [0, 0.05) is 37.0 Å². The molecule has 1 saturated heterocycles. The van der Waals surface area contributed by atoms with E-state index in [1.165, 1.54) is 37.8 Å². The number of hydrogen-bond acceptors (Lipinski definition) is 8. The maximum atomic E-state index is 13.1. The minimum absolute atomic E-state index is 0.0958. The lowest BCUT2D eigenvalue weighted by Gasteiger charge is -2.20. The van der Waals surface area contributed by atoms with Crippen molar-refractivity contribution in [2.45, 2.75) is 30.6 Å². The Labute approximate surface area is 187 Å². The smallest absolute Gasteiger partial charge is 0.294 e. The van der Waals surface area contributed by atoms with E-state index in [1.54, 1.807) is 12.1 Å². The van der Waals surface area contributed by atoms with Crippen LogP contribution >= 0.6 is 0 Å². The Kier molecular flexibility index (Phi) is 7.41. The zero-order valence-corrected chi connectivity index (χ0v) is 19.1. The van der Waals surface area contributed by atoms with Crippen molar-refractivity contribution >= 4 is 27.1 Å². The van der Waals surface area contributed by atoms with Gasteiger partial charge in [-0.2, -0.15) is 4.31 Å². The number of benzene rings is 2. The molecule has 0 radical (unpaired) electrons. The topological polar surface area (TPSA) is 120 Å². The van der Waals surface area contributed by atoms with Crippen molar-refractivity contribution in [2.24, 2.45) is 0 Å². The quantitative estimate of drug-likeness (QED) is 0.460. The maximum Gasteiger partial charge on any atom is 0.294 e. The normalized spacial score (nSPS) is 15.0. The van der Waals surface area contributed by atoms with E-state index in [4.69, 9.17) is 14.2 Å². The van der Waals surface area contributed by atoms with Crippen LogP contribution in [0.1, 0.15) is 25.7 Å². The molecule has 3 rings (SSSR count). The van der Waals surface area contributed by atoms with Gasteiger partial charge in [-0.1, -0.05) is 12.8 Å². The van der Waals surface area contributed by atoms with Crippen LogP contribution in [-0.4, -0.2) is 52.1 Å². The van der Waals surface area contributed by atoms with Gasteiger partial charge in [0.05, 0.1) is 31.1 Å². The summed E-state index contributed by atoms with van der Waals surface area (Å²) in [6.07, 6.45) is 3.51. The molecule has 0 amide bonds. The molecular weight excluding hydrogens is 438 g/mol. The minimum Gasteiger partial charge on any atom is -0.493 e. The standard InChI is InChI=1S/C21H27N3O7S/c1-29-19-12-15(13-20(30-2)21(19)31-3)22-17-9-8-16(14-18(17)24(25)26)32(27,28)23-10-6-4-5-7-11-23/h8-9,12-14,22H,4-7,10-11H2,1-3H3. The summed E-state index contributed by atoms with van der Waals surface area (Å²) in [5, 5.41) is 14.7. The number of nitro groups is 1. The van der Waals surface area contributed by atoms with Crippen molar-refractivity contribution in [3.63, 3.8) is 0 Å². The summed E-state index contributed by atoms with van der Waals surface area (Å²) in [5.41, 5.74) is 0.236. The number of nitro benzene ring substituents is 1. The van der Waals surface area contributed by atoms with Crippen molar-refractivity contribution in [1.82, 2.24) is 4.31 Å². The van der Waals surface area contributed by atoms with Crippen LogP contribution in [-0.2, 0) is 10.0 Å². The zero-order chi connectivity index (χ0) is 23.3. The van der Waals surface area contributed by atoms with Crippen molar-refractivity contribution in [3.8, 4) is 17.2 Å². The highest BCUT2D eigenvalue weighted by atomic mass is 32.2. The molecule has 1 N–H and O–H groups in total. The second-order valence-corrected chi connectivity index (χ2v) is 9.23. The predicted octanol–water partition coefficient (Wildman–Crippen LogP) is 3.93. The first-order valence-electron chi connectivity index (χ1n) is 10.2. The molecule has 1 fully saturated rings. The van der Waals surface area contributed by atoms with E-state index in [9.17, 15) is 18.5 Å². The molecule has 1 heterocycles. The average molecular weight is 466 g/mol. The number of sulfonamides is 1. The van der Waals surface area contributed by atoms with E-state index in [0.29, 0.717) is 36.0 Å². The molecule has 0 spiro atoms. The number of rotatable bonds is 8. The Morgan fingerprint density at radius 1 is 0.938 bits per heavy atom. The third-order valence-electron chi connectivity index (χ3n) is 5.31. The molecule has 1 aliphatic heterocycles. The maximum absolute atomic E-state index is 13.1. The van der Waals surface area contributed by atoms with Crippen LogP contribution in [0.2, 0.25) is 0 Å². The van der Waals surface area contributed by atoms with Crippen molar-refractivity contribution in [2.75, 3.05) is 39.7 Å². The lowest BCUT2D eigenvalue weighted by Crippen LogP contribution is -2.32. The molecule has 0 aliphatic carbocycles. The summed E-state index contributed by atoms with van der Waals surface area (Å²) in [4.78, 5) is 11.1. The van der Waals surface area contributed by atoms with Crippen LogP contribution in [0, 0.1) is 10.1 Å². The number of nitrogens with zero attached hydrogens (tertiary/aromatic N) is 2. The number of nitrogens with one attached hydrogen (secondary N) is 1.